The van der Waals surface area contributed by atoms with Crippen molar-refractivity contribution in [3.8, 4) is 0 Å². The second-order valence-corrected chi connectivity index (χ2v) is 15.5. The van der Waals surface area contributed by atoms with Crippen molar-refractivity contribution in [2.75, 3.05) is 32.5 Å². The molecule has 2 aromatic heterocycles. The van der Waals surface area contributed by atoms with Crippen molar-refractivity contribution in [3.05, 3.63) is 46.4 Å². The summed E-state index contributed by atoms with van der Waals surface area (Å²) in [4.78, 5) is 41.1. The summed E-state index contributed by atoms with van der Waals surface area (Å²) < 4.78 is 6.53. The summed E-state index contributed by atoms with van der Waals surface area (Å²) in [7, 11) is 4.20. The van der Waals surface area contributed by atoms with Gasteiger partial charge in [0.15, 0.2) is 5.13 Å². The number of carbonyl (C=O) groups excluding carboxylic acids is 2. The average Bonchev–Trinajstić information content (AvgIpc) is 3.84. The van der Waals surface area contributed by atoms with Gasteiger partial charge in [0.1, 0.15) is 29.8 Å². The number of fused-ring (bicyclic) bond motifs is 2. The predicted octanol–water partition coefficient (Wildman–Crippen LogP) is 5.66. The molecule has 5 atom stereocenters. The van der Waals surface area contributed by atoms with Crippen LogP contribution in [0.2, 0.25) is 0 Å². The Morgan fingerprint density at radius 2 is 1.93 bits per heavy atom. The van der Waals surface area contributed by atoms with Crippen molar-refractivity contribution in [2.24, 2.45) is 11.8 Å². The first kappa shape index (κ1) is 31.6. The molecule has 2 aromatic rings. The zero-order valence-corrected chi connectivity index (χ0v) is 28.8. The molecular formula is C35H49N7O3S. The molecule has 1 unspecified atom stereocenters. The molecule has 7 rings (SSSR count). The van der Waals surface area contributed by atoms with Crippen LogP contribution in [0.3, 0.4) is 0 Å². The summed E-state index contributed by atoms with van der Waals surface area (Å²) in [6, 6.07) is 4.98. The van der Waals surface area contributed by atoms with Crippen molar-refractivity contribution in [1.29, 1.82) is 0 Å². The molecule has 3 aliphatic heterocycles. The molecule has 5 heterocycles. The fourth-order valence-electron chi connectivity index (χ4n) is 8.89. The van der Waals surface area contributed by atoms with E-state index in [1.54, 1.807) is 6.20 Å². The van der Waals surface area contributed by atoms with E-state index in [1.807, 2.05) is 12.3 Å². The number of rotatable bonds is 6. The van der Waals surface area contributed by atoms with Gasteiger partial charge in [-0.25, -0.2) is 9.99 Å². The first-order chi connectivity index (χ1) is 22.1. The minimum absolute atomic E-state index is 0.00998. The maximum Gasteiger partial charge on any atom is 0.225 e. The van der Waals surface area contributed by atoms with Crippen LogP contribution in [-0.2, 0) is 20.9 Å². The fourth-order valence-corrected chi connectivity index (χ4v) is 9.94. The van der Waals surface area contributed by atoms with E-state index in [2.05, 4.69) is 64.1 Å². The van der Waals surface area contributed by atoms with E-state index >= 15 is 0 Å². The van der Waals surface area contributed by atoms with E-state index in [-0.39, 0.29) is 23.4 Å². The van der Waals surface area contributed by atoms with Gasteiger partial charge in [-0.3, -0.25) is 24.5 Å². The quantitative estimate of drug-likeness (QED) is 0.402. The minimum atomic E-state index is -0.253. The van der Waals surface area contributed by atoms with Crippen LogP contribution in [0, 0.1) is 11.8 Å². The number of thiazole rings is 1. The monoisotopic (exact) mass is 647 g/mol. The Morgan fingerprint density at radius 1 is 1.15 bits per heavy atom. The number of nitrogens with zero attached hydrogens (tertiary/aromatic N) is 6. The number of amides is 2. The molecule has 2 saturated carbocycles. The largest absolute Gasteiger partial charge is 0.487 e. The highest BCUT2D eigenvalue weighted by atomic mass is 32.1. The summed E-state index contributed by atoms with van der Waals surface area (Å²) in [5, 5.41) is 8.23. The van der Waals surface area contributed by atoms with Gasteiger partial charge in [0.05, 0.1) is 10.4 Å². The zero-order chi connectivity index (χ0) is 32.2. The number of anilines is 1. The number of hydrogen-bond donors (Lipinski definition) is 1. The molecule has 3 fully saturated rings. The zero-order valence-electron chi connectivity index (χ0n) is 28.0. The number of likely N-dealkylation sites (tertiary alicyclic amines) is 1. The molecule has 248 valence electrons. The van der Waals surface area contributed by atoms with E-state index in [0.717, 1.165) is 78.8 Å². The highest BCUT2D eigenvalue weighted by Gasteiger charge is 2.51. The van der Waals surface area contributed by atoms with Gasteiger partial charge >= 0.3 is 0 Å². The van der Waals surface area contributed by atoms with E-state index in [9.17, 15) is 9.59 Å². The Balaban J connectivity index is 1.15. The third-order valence-corrected chi connectivity index (χ3v) is 12.5. The molecule has 2 amide bonds. The first-order valence-electron chi connectivity index (χ1n) is 17.2. The Labute approximate surface area is 277 Å². The fraction of sp³-hybridized carbons (Fsp3) is 0.657. The van der Waals surface area contributed by atoms with Crippen LogP contribution in [0.4, 0.5) is 5.13 Å². The topological polar surface area (TPSA) is 94.1 Å². The van der Waals surface area contributed by atoms with Gasteiger partial charge < -0.3 is 15.0 Å². The standard InChI is InChI=1S/C35H49N7O3S/c1-22-12-15-35(3,16-13-27(22)33(44)39(4)26-14-18-41(20-26)25-10-6-7-11-25)42-30-31(29(40(42)5)24-9-8-17-36-19-24)45-21-28-32(30)46-34(38-28)37-23(2)43/h8-9,17,19,22,25-27,29H,6-7,10-16,18,20-21H2,1-5H3,(H,37,38,43)/t22-,26-,27-,29?,35-/m1/s1. The Morgan fingerprint density at radius 3 is 2.67 bits per heavy atom. The van der Waals surface area contributed by atoms with Crippen LogP contribution in [0.15, 0.2) is 30.3 Å². The second kappa shape index (κ2) is 12.5. The van der Waals surface area contributed by atoms with Gasteiger partial charge in [0.2, 0.25) is 11.8 Å². The summed E-state index contributed by atoms with van der Waals surface area (Å²) in [6.45, 7) is 8.64. The number of carbonyl (C=O) groups is 2. The summed E-state index contributed by atoms with van der Waals surface area (Å²) >= 11 is 1.51. The van der Waals surface area contributed by atoms with Crippen LogP contribution in [0.5, 0.6) is 0 Å². The Bertz CT molecular complexity index is 1490. The SMILES string of the molecule is CC(=O)Nc1nc2c(s1)C1=C(OC2)C(c2cccnc2)N(C)N1[C@]1(C)CC[C@@H](C)[C@H](C(=O)N(C)[C@@H]2CCN(C3CCCC3)C2)CC1. The maximum atomic E-state index is 14.2. The van der Waals surface area contributed by atoms with Crippen LogP contribution in [0.1, 0.15) is 101 Å². The number of hydrazine groups is 1. The van der Waals surface area contributed by atoms with Crippen LogP contribution in [0.25, 0.3) is 5.70 Å². The number of likely N-dealkylation sites (N-methyl/N-ethyl adjacent to an activating group) is 2. The van der Waals surface area contributed by atoms with Crippen molar-refractivity contribution in [1.82, 2.24) is 29.8 Å². The average molecular weight is 648 g/mol. The molecule has 0 bridgehead atoms. The lowest BCUT2D eigenvalue weighted by molar-refractivity contribution is -0.138. The number of aromatic nitrogens is 2. The normalized spacial score (nSPS) is 30.6. The van der Waals surface area contributed by atoms with E-state index < -0.39 is 0 Å². The van der Waals surface area contributed by atoms with E-state index in [0.29, 0.717) is 29.6 Å². The lowest BCUT2D eigenvalue weighted by Crippen LogP contribution is -2.51. The minimum Gasteiger partial charge on any atom is -0.487 e. The summed E-state index contributed by atoms with van der Waals surface area (Å²) in [5.74, 6) is 1.40. The molecule has 0 aromatic carbocycles. The predicted molar refractivity (Wildman–Crippen MR) is 179 cm³/mol. The number of ether oxygens (including phenoxy) is 1. The summed E-state index contributed by atoms with van der Waals surface area (Å²) in [5.41, 5.74) is 2.69. The van der Waals surface area contributed by atoms with Gasteiger partial charge in [0, 0.05) is 64.5 Å². The molecule has 1 N–H and O–H groups in total. The lowest BCUT2D eigenvalue weighted by atomic mass is 9.88. The molecule has 46 heavy (non-hydrogen) atoms. The third-order valence-electron chi connectivity index (χ3n) is 11.5. The van der Waals surface area contributed by atoms with E-state index in [1.165, 1.54) is 43.9 Å². The third kappa shape index (κ3) is 5.62. The molecule has 1 saturated heterocycles. The molecule has 11 heteroatoms. The second-order valence-electron chi connectivity index (χ2n) is 14.5. The van der Waals surface area contributed by atoms with Crippen LogP contribution in [-0.4, -0.2) is 86.4 Å². The van der Waals surface area contributed by atoms with Gasteiger partial charge in [-0.05, 0) is 69.4 Å². The highest BCUT2D eigenvalue weighted by molar-refractivity contribution is 7.17. The van der Waals surface area contributed by atoms with Gasteiger partial charge in [-0.15, -0.1) is 0 Å². The number of pyridine rings is 1. The Kier molecular flexibility index (Phi) is 8.61. The molecule has 0 spiro atoms. The highest BCUT2D eigenvalue weighted by Crippen LogP contribution is 2.54. The summed E-state index contributed by atoms with van der Waals surface area (Å²) in [6.07, 6.45) is 13.8. The molecule has 2 aliphatic carbocycles. The molecule has 0 radical (unpaired) electrons. The lowest BCUT2D eigenvalue weighted by Gasteiger charge is -2.46. The molecular weight excluding hydrogens is 598 g/mol. The van der Waals surface area contributed by atoms with E-state index in [4.69, 9.17) is 9.72 Å². The van der Waals surface area contributed by atoms with Gasteiger partial charge in [0.25, 0.3) is 0 Å². The van der Waals surface area contributed by atoms with Crippen molar-refractivity contribution in [3.63, 3.8) is 0 Å². The maximum absolute atomic E-state index is 14.2. The number of hydrogen-bond acceptors (Lipinski definition) is 9. The van der Waals surface area contributed by atoms with Crippen molar-refractivity contribution < 1.29 is 14.3 Å². The molecule has 5 aliphatic rings. The van der Waals surface area contributed by atoms with Gasteiger partial charge in [-0.2, -0.15) is 0 Å². The smallest absolute Gasteiger partial charge is 0.225 e. The van der Waals surface area contributed by atoms with Crippen LogP contribution < -0.4 is 5.32 Å². The van der Waals surface area contributed by atoms with Crippen molar-refractivity contribution >= 4 is 34.0 Å². The van der Waals surface area contributed by atoms with Gasteiger partial charge in [-0.1, -0.05) is 37.2 Å². The Hall–Kier alpha value is -3.02. The van der Waals surface area contributed by atoms with Crippen LogP contribution >= 0.6 is 11.3 Å². The number of nitrogens with one attached hydrogen (secondary N) is 1. The van der Waals surface area contributed by atoms with Crippen molar-refractivity contribution in [2.45, 2.75) is 109 Å². The first-order valence-corrected chi connectivity index (χ1v) is 18.0. The molecule has 10 nitrogen and oxygen atoms in total.